The van der Waals surface area contributed by atoms with E-state index in [0.717, 1.165) is 51.4 Å². The highest BCUT2D eigenvalue weighted by atomic mass is 31.2. The first kappa shape index (κ1) is 51.4. The molecule has 3 N–H and O–H groups in total. The van der Waals surface area contributed by atoms with Crippen LogP contribution in [0.4, 0.5) is 0 Å². The van der Waals surface area contributed by atoms with Gasteiger partial charge in [-0.15, -0.1) is 0 Å². The van der Waals surface area contributed by atoms with E-state index < -0.39 is 38.6 Å². The summed E-state index contributed by atoms with van der Waals surface area (Å²) in [6.45, 7) is 3.33. The van der Waals surface area contributed by atoms with Crippen molar-refractivity contribution in [3.8, 4) is 0 Å². The number of carbonyl (C=O) groups is 2. The number of hydrogen-bond acceptors (Lipinski definition) is 7. The van der Waals surface area contributed by atoms with Crippen molar-refractivity contribution in [2.75, 3.05) is 13.2 Å². The summed E-state index contributed by atoms with van der Waals surface area (Å²) in [6, 6.07) is 0. The molecular weight excluding hydrogens is 715 g/mol. The molecule has 9 nitrogen and oxygen atoms in total. The Hall–Kier alpha value is -3.59. The highest BCUT2D eigenvalue weighted by Gasteiger charge is 2.22. The Kier molecular flexibility index (Phi) is 36.2. The van der Waals surface area contributed by atoms with Crippen LogP contribution in [0.2, 0.25) is 0 Å². The first-order chi connectivity index (χ1) is 26.7. The van der Waals surface area contributed by atoms with Crippen molar-refractivity contribution in [3.63, 3.8) is 0 Å². The van der Waals surface area contributed by atoms with Gasteiger partial charge in [0.15, 0.2) is 6.10 Å². The number of ether oxygens (including phenoxy) is 2. The van der Waals surface area contributed by atoms with Crippen LogP contribution in [0.3, 0.4) is 0 Å². The van der Waals surface area contributed by atoms with Gasteiger partial charge in [0, 0.05) is 12.8 Å². The fourth-order valence-electron chi connectivity index (χ4n) is 4.59. The van der Waals surface area contributed by atoms with Gasteiger partial charge in [-0.05, 0) is 83.5 Å². The van der Waals surface area contributed by atoms with Gasteiger partial charge >= 0.3 is 19.8 Å². The van der Waals surface area contributed by atoms with Gasteiger partial charge in [0.05, 0.1) is 12.7 Å². The van der Waals surface area contributed by atoms with Gasteiger partial charge in [-0.1, -0.05) is 148 Å². The lowest BCUT2D eigenvalue weighted by molar-refractivity contribution is -0.161. The lowest BCUT2D eigenvalue weighted by atomic mass is 10.2. The minimum absolute atomic E-state index is 0.0531. The first-order valence-corrected chi connectivity index (χ1v) is 21.5. The second-order valence-corrected chi connectivity index (χ2v) is 14.0. The van der Waals surface area contributed by atoms with E-state index in [1.54, 1.807) is 18.2 Å². The molecule has 308 valence electrons. The molecule has 0 amide bonds. The number of carbonyl (C=O) groups excluding carboxylic acids is 2. The topological polar surface area (TPSA) is 140 Å². The minimum Gasteiger partial charge on any atom is -0.462 e. The number of esters is 2. The average Bonchev–Trinajstić information content (AvgIpc) is 3.15. The molecule has 55 heavy (non-hydrogen) atoms. The number of allylic oxidation sites excluding steroid dienone is 18. The average molecular weight is 785 g/mol. The number of aliphatic hydroxyl groups excluding tert-OH is 1. The SMILES string of the molecule is CC/C=C\C/C=C\C/C=C\C/C=C\C/C=C\C/C=C\CCC(=O)OC[C@H](COP(=O)(O)O)OC(=O)CCC/C=C/C=C\C(O)C/C=C\C/C=C\CCCCC. The Morgan fingerprint density at radius 3 is 1.67 bits per heavy atom. The maximum Gasteiger partial charge on any atom is 0.469 e. The Bertz CT molecular complexity index is 1310. The van der Waals surface area contributed by atoms with Gasteiger partial charge in [-0.2, -0.15) is 0 Å². The van der Waals surface area contributed by atoms with E-state index in [1.807, 2.05) is 30.4 Å². The van der Waals surface area contributed by atoms with Crippen LogP contribution in [0.15, 0.2) is 122 Å². The highest BCUT2D eigenvalue weighted by Crippen LogP contribution is 2.35. The molecule has 0 saturated carbocycles. The molecule has 0 rings (SSSR count). The van der Waals surface area contributed by atoms with Crippen LogP contribution in [-0.2, 0) is 28.2 Å². The molecule has 0 aliphatic carbocycles. The number of phosphoric ester groups is 1. The van der Waals surface area contributed by atoms with Crippen LogP contribution >= 0.6 is 7.82 Å². The van der Waals surface area contributed by atoms with Crippen LogP contribution in [0.25, 0.3) is 0 Å². The predicted molar refractivity (Wildman–Crippen MR) is 226 cm³/mol. The molecule has 0 bridgehead atoms. The van der Waals surface area contributed by atoms with Crippen molar-refractivity contribution >= 4 is 19.8 Å². The zero-order valence-corrected chi connectivity index (χ0v) is 34.3. The first-order valence-electron chi connectivity index (χ1n) is 19.9. The predicted octanol–water partition coefficient (Wildman–Crippen LogP) is 11.1. The van der Waals surface area contributed by atoms with Crippen molar-refractivity contribution in [3.05, 3.63) is 122 Å². The summed E-state index contributed by atoms with van der Waals surface area (Å²) in [5, 5.41) is 10.1. The number of unbranched alkanes of at least 4 members (excludes halogenated alkanes) is 4. The van der Waals surface area contributed by atoms with E-state index >= 15 is 0 Å². The third-order valence-electron chi connectivity index (χ3n) is 7.56. The highest BCUT2D eigenvalue weighted by molar-refractivity contribution is 7.46. The Morgan fingerprint density at radius 1 is 0.582 bits per heavy atom. The third kappa shape index (κ3) is 41.4. The molecule has 0 heterocycles. The molecule has 1 unspecified atom stereocenters. The van der Waals surface area contributed by atoms with Crippen molar-refractivity contribution < 1.29 is 43.0 Å². The fourth-order valence-corrected chi connectivity index (χ4v) is 4.95. The summed E-state index contributed by atoms with van der Waals surface area (Å²) in [5.41, 5.74) is 0. The molecular formula is C45H69O9P. The van der Waals surface area contributed by atoms with Gasteiger partial charge in [0.1, 0.15) is 6.61 Å². The van der Waals surface area contributed by atoms with E-state index in [-0.39, 0.29) is 19.4 Å². The number of aliphatic hydroxyl groups is 1. The van der Waals surface area contributed by atoms with Gasteiger partial charge < -0.3 is 24.4 Å². The quantitative estimate of drug-likeness (QED) is 0.0191. The van der Waals surface area contributed by atoms with Crippen molar-refractivity contribution in [1.29, 1.82) is 0 Å². The summed E-state index contributed by atoms with van der Waals surface area (Å²) in [4.78, 5) is 42.7. The van der Waals surface area contributed by atoms with Crippen LogP contribution in [0.1, 0.15) is 123 Å². The van der Waals surface area contributed by atoms with Gasteiger partial charge in [0.2, 0.25) is 0 Å². The van der Waals surface area contributed by atoms with E-state index in [2.05, 4.69) is 91.3 Å². The van der Waals surface area contributed by atoms with E-state index in [4.69, 9.17) is 19.3 Å². The summed E-state index contributed by atoms with van der Waals surface area (Å²) >= 11 is 0. The number of rotatable bonds is 34. The van der Waals surface area contributed by atoms with Crippen LogP contribution < -0.4 is 0 Å². The normalized spacial score (nSPS) is 14.3. The standard InChI is InChI=1S/C45H69O9P/c1-3-5-7-9-11-13-14-15-16-17-18-19-20-21-22-24-26-30-34-38-44(47)52-40-43(41-53-55(49,50)51)54-45(48)39-35-31-27-29-33-37-42(46)36-32-28-25-23-12-10-8-6-4-2/h5,7,11-13,15-16,18-19,21-23,26-30,32-33,37,42-43,46H,3-4,6,8-10,14,17,20,24-25,31,34-36,38-41H2,1-2H3,(H2,49,50,51)/b7-5-,13-11-,16-15-,19-18-,22-21-,23-12-,29-27+,30-26-,32-28-,37-33-/t42?,43-/m1/s1. The Morgan fingerprint density at radius 2 is 1.11 bits per heavy atom. The van der Waals surface area contributed by atoms with E-state index in [1.165, 1.54) is 19.3 Å². The molecule has 0 spiro atoms. The van der Waals surface area contributed by atoms with E-state index in [0.29, 0.717) is 25.7 Å². The van der Waals surface area contributed by atoms with Gasteiger partial charge in [0.25, 0.3) is 0 Å². The zero-order chi connectivity index (χ0) is 40.5. The molecule has 0 fully saturated rings. The second kappa shape index (κ2) is 38.7. The van der Waals surface area contributed by atoms with Gasteiger partial charge in [-0.3, -0.25) is 14.1 Å². The van der Waals surface area contributed by atoms with E-state index in [9.17, 15) is 19.3 Å². The Labute approximate surface area is 331 Å². The summed E-state index contributed by atoms with van der Waals surface area (Å²) in [5.74, 6) is -1.13. The summed E-state index contributed by atoms with van der Waals surface area (Å²) in [7, 11) is -4.82. The fraction of sp³-hybridized carbons (Fsp3) is 0.511. The third-order valence-corrected chi connectivity index (χ3v) is 8.04. The monoisotopic (exact) mass is 784 g/mol. The van der Waals surface area contributed by atoms with Crippen molar-refractivity contribution in [2.45, 2.75) is 135 Å². The molecule has 0 aromatic heterocycles. The molecule has 2 atom stereocenters. The van der Waals surface area contributed by atoms with Crippen LogP contribution in [-0.4, -0.2) is 52.3 Å². The summed E-state index contributed by atoms with van der Waals surface area (Å²) in [6.07, 6.45) is 52.4. The summed E-state index contributed by atoms with van der Waals surface area (Å²) < 4.78 is 26.2. The molecule has 0 saturated heterocycles. The van der Waals surface area contributed by atoms with Crippen molar-refractivity contribution in [1.82, 2.24) is 0 Å². The maximum absolute atomic E-state index is 12.4. The molecule has 0 aliphatic rings. The lowest BCUT2D eigenvalue weighted by Crippen LogP contribution is -2.29. The number of phosphoric acid groups is 1. The molecule has 0 aliphatic heterocycles. The molecule has 10 heteroatoms. The smallest absolute Gasteiger partial charge is 0.462 e. The molecule has 0 aromatic rings. The van der Waals surface area contributed by atoms with Crippen molar-refractivity contribution in [2.24, 2.45) is 0 Å². The zero-order valence-electron chi connectivity index (χ0n) is 33.4. The Balaban J connectivity index is 4.29. The minimum atomic E-state index is -4.82. The lowest BCUT2D eigenvalue weighted by Gasteiger charge is -2.18. The molecule has 0 radical (unpaired) electrons. The number of hydrogen-bond donors (Lipinski definition) is 3. The molecule has 0 aromatic carbocycles. The second-order valence-electron chi connectivity index (χ2n) is 12.7. The van der Waals surface area contributed by atoms with Gasteiger partial charge in [-0.25, -0.2) is 4.57 Å². The van der Waals surface area contributed by atoms with Crippen LogP contribution in [0.5, 0.6) is 0 Å². The largest absolute Gasteiger partial charge is 0.469 e. The maximum atomic E-state index is 12.4. The van der Waals surface area contributed by atoms with Crippen LogP contribution in [0, 0.1) is 0 Å².